The van der Waals surface area contributed by atoms with Crippen LogP contribution in [0, 0.1) is 0 Å². The van der Waals surface area contributed by atoms with Crippen molar-refractivity contribution >= 4 is 6.29 Å². The average molecular weight is 158 g/mol. The van der Waals surface area contributed by atoms with Crippen LogP contribution >= 0.6 is 0 Å². The van der Waals surface area contributed by atoms with E-state index < -0.39 is 6.10 Å². The molecule has 0 spiro atoms. The first-order valence-electron chi connectivity index (χ1n) is 3.55. The highest BCUT2D eigenvalue weighted by Gasteiger charge is 2.09. The molecule has 2 N–H and O–H groups in total. The van der Waals surface area contributed by atoms with Crippen LogP contribution in [0.4, 0.5) is 0 Å². The Bertz CT molecular complexity index is 157. The predicted molar refractivity (Wildman–Crippen MR) is 42.1 cm³/mol. The maximum absolute atomic E-state index is 10.4. The Morgan fingerprint density at radius 3 is 2.36 bits per heavy atom. The SMILES string of the molecule is CC(C)=C(C=O)C(O)CCO. The molecule has 0 saturated heterocycles. The molecule has 0 heterocycles. The molecular weight excluding hydrogens is 144 g/mol. The first-order chi connectivity index (χ1) is 5.13. The van der Waals surface area contributed by atoms with E-state index in [-0.39, 0.29) is 13.0 Å². The summed E-state index contributed by atoms with van der Waals surface area (Å²) < 4.78 is 0. The van der Waals surface area contributed by atoms with Crippen LogP contribution in [0.1, 0.15) is 20.3 Å². The van der Waals surface area contributed by atoms with Gasteiger partial charge in [0.05, 0.1) is 6.10 Å². The smallest absolute Gasteiger partial charge is 0.148 e. The summed E-state index contributed by atoms with van der Waals surface area (Å²) in [5.74, 6) is 0. The normalized spacial score (nSPS) is 12.4. The van der Waals surface area contributed by atoms with Gasteiger partial charge in [-0.25, -0.2) is 0 Å². The Morgan fingerprint density at radius 2 is 2.09 bits per heavy atom. The fraction of sp³-hybridized carbons (Fsp3) is 0.625. The van der Waals surface area contributed by atoms with Gasteiger partial charge in [0.15, 0.2) is 0 Å². The molecule has 0 radical (unpaired) electrons. The van der Waals surface area contributed by atoms with E-state index in [4.69, 9.17) is 5.11 Å². The molecule has 11 heavy (non-hydrogen) atoms. The van der Waals surface area contributed by atoms with Crippen LogP contribution in [-0.4, -0.2) is 29.2 Å². The molecule has 3 nitrogen and oxygen atoms in total. The van der Waals surface area contributed by atoms with Crippen molar-refractivity contribution in [2.75, 3.05) is 6.61 Å². The van der Waals surface area contributed by atoms with Crippen molar-refractivity contribution in [3.05, 3.63) is 11.1 Å². The summed E-state index contributed by atoms with van der Waals surface area (Å²) >= 11 is 0. The maximum Gasteiger partial charge on any atom is 0.148 e. The lowest BCUT2D eigenvalue weighted by Gasteiger charge is -2.09. The van der Waals surface area contributed by atoms with Crippen LogP contribution in [0.25, 0.3) is 0 Å². The third-order valence-corrected chi connectivity index (χ3v) is 1.47. The first kappa shape index (κ1) is 10.3. The van der Waals surface area contributed by atoms with E-state index in [1.807, 2.05) is 0 Å². The van der Waals surface area contributed by atoms with Gasteiger partial charge in [-0.1, -0.05) is 5.57 Å². The molecule has 0 fully saturated rings. The van der Waals surface area contributed by atoms with Gasteiger partial charge < -0.3 is 10.2 Å². The topological polar surface area (TPSA) is 57.5 Å². The van der Waals surface area contributed by atoms with Crippen molar-refractivity contribution < 1.29 is 15.0 Å². The molecule has 0 rings (SSSR count). The second-order valence-corrected chi connectivity index (χ2v) is 2.60. The largest absolute Gasteiger partial charge is 0.396 e. The van der Waals surface area contributed by atoms with Gasteiger partial charge in [0.2, 0.25) is 0 Å². The molecule has 0 aromatic carbocycles. The standard InChI is InChI=1S/C8H14O3/c1-6(2)7(5-10)8(11)3-4-9/h5,8-9,11H,3-4H2,1-2H3. The van der Waals surface area contributed by atoms with Crippen LogP contribution in [-0.2, 0) is 4.79 Å². The van der Waals surface area contributed by atoms with Gasteiger partial charge in [-0.05, 0) is 13.8 Å². The van der Waals surface area contributed by atoms with Crippen molar-refractivity contribution in [2.24, 2.45) is 0 Å². The number of carbonyl (C=O) groups excluding carboxylic acids is 1. The highest BCUT2D eigenvalue weighted by Crippen LogP contribution is 2.08. The zero-order chi connectivity index (χ0) is 8.85. The Hall–Kier alpha value is -0.670. The molecule has 1 unspecified atom stereocenters. The van der Waals surface area contributed by atoms with Crippen LogP contribution in [0.3, 0.4) is 0 Å². The van der Waals surface area contributed by atoms with Crippen LogP contribution in [0.15, 0.2) is 11.1 Å². The minimum absolute atomic E-state index is 0.105. The second-order valence-electron chi connectivity index (χ2n) is 2.60. The molecule has 3 heteroatoms. The van der Waals surface area contributed by atoms with Crippen molar-refractivity contribution in [1.29, 1.82) is 0 Å². The summed E-state index contributed by atoms with van der Waals surface area (Å²) in [5, 5.41) is 17.7. The molecule has 0 aromatic rings. The molecular formula is C8H14O3. The molecule has 0 aliphatic carbocycles. The summed E-state index contributed by atoms with van der Waals surface area (Å²) in [5.41, 5.74) is 1.17. The number of hydrogen-bond acceptors (Lipinski definition) is 3. The number of aliphatic hydroxyl groups is 2. The fourth-order valence-corrected chi connectivity index (χ4v) is 0.807. The van der Waals surface area contributed by atoms with E-state index in [0.717, 1.165) is 5.57 Å². The van der Waals surface area contributed by atoms with Crippen LogP contribution in [0.2, 0.25) is 0 Å². The van der Waals surface area contributed by atoms with E-state index in [0.29, 0.717) is 11.9 Å². The van der Waals surface area contributed by atoms with Crippen LogP contribution < -0.4 is 0 Å². The van der Waals surface area contributed by atoms with Gasteiger partial charge in [-0.15, -0.1) is 0 Å². The molecule has 0 saturated carbocycles. The minimum atomic E-state index is -0.817. The lowest BCUT2D eigenvalue weighted by Crippen LogP contribution is -2.14. The Balaban J connectivity index is 4.27. The van der Waals surface area contributed by atoms with E-state index in [2.05, 4.69) is 0 Å². The number of aliphatic hydroxyl groups excluding tert-OH is 2. The first-order valence-corrected chi connectivity index (χ1v) is 3.55. The number of hydrogen-bond donors (Lipinski definition) is 2. The van der Waals surface area contributed by atoms with E-state index in [1.165, 1.54) is 0 Å². The Labute approximate surface area is 66.4 Å². The number of carbonyl (C=O) groups is 1. The molecule has 0 amide bonds. The summed E-state index contributed by atoms with van der Waals surface area (Å²) in [6, 6.07) is 0. The van der Waals surface area contributed by atoms with Gasteiger partial charge >= 0.3 is 0 Å². The quantitative estimate of drug-likeness (QED) is 0.456. The lowest BCUT2D eigenvalue weighted by molar-refractivity contribution is -0.105. The van der Waals surface area contributed by atoms with Crippen LogP contribution in [0.5, 0.6) is 0 Å². The molecule has 0 aromatic heterocycles. The van der Waals surface area contributed by atoms with E-state index >= 15 is 0 Å². The van der Waals surface area contributed by atoms with Crippen molar-refractivity contribution in [3.8, 4) is 0 Å². The summed E-state index contributed by atoms with van der Waals surface area (Å²) in [6.45, 7) is 3.40. The molecule has 0 aliphatic heterocycles. The highest BCUT2D eigenvalue weighted by molar-refractivity contribution is 5.75. The Kier molecular flexibility index (Phi) is 4.74. The molecule has 64 valence electrons. The third kappa shape index (κ3) is 3.30. The average Bonchev–Trinajstić information content (AvgIpc) is 1.88. The number of aldehydes is 1. The lowest BCUT2D eigenvalue weighted by atomic mass is 10.0. The number of rotatable bonds is 4. The summed E-state index contributed by atoms with van der Waals surface area (Å²) in [7, 11) is 0. The second kappa shape index (κ2) is 5.04. The maximum atomic E-state index is 10.4. The zero-order valence-electron chi connectivity index (χ0n) is 6.87. The van der Waals surface area contributed by atoms with Crippen molar-refractivity contribution in [3.63, 3.8) is 0 Å². The minimum Gasteiger partial charge on any atom is -0.396 e. The molecule has 1 atom stereocenters. The molecule has 0 aliphatic rings. The zero-order valence-corrected chi connectivity index (χ0v) is 6.87. The van der Waals surface area contributed by atoms with Gasteiger partial charge in [-0.3, -0.25) is 4.79 Å². The Morgan fingerprint density at radius 1 is 1.55 bits per heavy atom. The monoisotopic (exact) mass is 158 g/mol. The fourth-order valence-electron chi connectivity index (χ4n) is 0.807. The highest BCUT2D eigenvalue weighted by atomic mass is 16.3. The van der Waals surface area contributed by atoms with E-state index in [9.17, 15) is 9.90 Å². The van der Waals surface area contributed by atoms with Gasteiger partial charge in [0.25, 0.3) is 0 Å². The predicted octanol–water partition coefficient (Wildman–Crippen LogP) is 0.265. The van der Waals surface area contributed by atoms with Crippen molar-refractivity contribution in [2.45, 2.75) is 26.4 Å². The van der Waals surface area contributed by atoms with Gasteiger partial charge in [-0.2, -0.15) is 0 Å². The van der Waals surface area contributed by atoms with Crippen molar-refractivity contribution in [1.82, 2.24) is 0 Å². The van der Waals surface area contributed by atoms with E-state index in [1.54, 1.807) is 13.8 Å². The number of allylic oxidation sites excluding steroid dienone is 1. The summed E-state index contributed by atoms with van der Waals surface area (Å²) in [6.07, 6.45) is 0.0389. The van der Waals surface area contributed by atoms with Gasteiger partial charge in [0, 0.05) is 18.6 Å². The van der Waals surface area contributed by atoms with Gasteiger partial charge in [0.1, 0.15) is 6.29 Å². The third-order valence-electron chi connectivity index (χ3n) is 1.47. The molecule has 0 bridgehead atoms. The summed E-state index contributed by atoms with van der Waals surface area (Å²) in [4.78, 5) is 10.4.